The summed E-state index contributed by atoms with van der Waals surface area (Å²) in [5, 5.41) is 3.03. The van der Waals surface area contributed by atoms with Crippen molar-refractivity contribution >= 4 is 11.9 Å². The van der Waals surface area contributed by atoms with Crippen molar-refractivity contribution in [1.82, 2.24) is 5.32 Å². The van der Waals surface area contributed by atoms with E-state index in [1.54, 1.807) is 0 Å². The molecule has 1 aliphatic heterocycles. The van der Waals surface area contributed by atoms with Crippen molar-refractivity contribution in [3.8, 4) is 0 Å². The molecule has 0 bridgehead atoms. The highest BCUT2D eigenvalue weighted by molar-refractivity contribution is 5.86. The first-order chi connectivity index (χ1) is 8.25. The van der Waals surface area contributed by atoms with Crippen LogP contribution in [0, 0.1) is 0 Å². The van der Waals surface area contributed by atoms with Crippen molar-refractivity contribution in [3.63, 3.8) is 0 Å². The zero-order valence-electron chi connectivity index (χ0n) is 10.2. The van der Waals surface area contributed by atoms with Crippen LogP contribution in [0.5, 0.6) is 0 Å². The van der Waals surface area contributed by atoms with Crippen LogP contribution in [0.25, 0.3) is 0 Å². The number of ether oxygens (including phenoxy) is 1. The number of nitrogens with one attached hydrogen (secondary N) is 1. The third kappa shape index (κ3) is 3.72. The van der Waals surface area contributed by atoms with E-state index in [0.29, 0.717) is 12.8 Å². The van der Waals surface area contributed by atoms with Gasteiger partial charge in [0.25, 0.3) is 5.91 Å². The van der Waals surface area contributed by atoms with E-state index in [0.717, 1.165) is 12.8 Å². The summed E-state index contributed by atoms with van der Waals surface area (Å²) in [6.07, 6.45) is 8.74. The second-order valence-electron chi connectivity index (χ2n) is 5.07. The predicted molar refractivity (Wildman–Crippen MR) is 63.4 cm³/mol. The molecule has 1 saturated carbocycles. The summed E-state index contributed by atoms with van der Waals surface area (Å²) in [6.45, 7) is 0. The van der Waals surface area contributed by atoms with Crippen molar-refractivity contribution in [2.45, 2.75) is 69.9 Å². The third-order valence-electron chi connectivity index (χ3n) is 3.63. The highest BCUT2D eigenvalue weighted by Gasteiger charge is 2.30. The van der Waals surface area contributed by atoms with Crippen LogP contribution in [0.2, 0.25) is 0 Å². The summed E-state index contributed by atoms with van der Waals surface area (Å²) in [4.78, 5) is 22.8. The van der Waals surface area contributed by atoms with Gasteiger partial charge in [0.15, 0.2) is 6.10 Å². The first-order valence-electron chi connectivity index (χ1n) is 6.75. The highest BCUT2D eigenvalue weighted by atomic mass is 16.6. The van der Waals surface area contributed by atoms with E-state index < -0.39 is 6.10 Å². The molecule has 2 aliphatic rings. The van der Waals surface area contributed by atoms with Crippen LogP contribution in [0.4, 0.5) is 0 Å². The minimum atomic E-state index is -0.534. The Kier molecular flexibility index (Phi) is 4.40. The van der Waals surface area contributed by atoms with Gasteiger partial charge in [-0.3, -0.25) is 9.59 Å². The van der Waals surface area contributed by atoms with Crippen LogP contribution >= 0.6 is 0 Å². The Hall–Kier alpha value is -1.06. The number of carbonyl (C=O) groups is 2. The Morgan fingerprint density at radius 2 is 1.71 bits per heavy atom. The number of cyclic esters (lactones) is 1. The highest BCUT2D eigenvalue weighted by Crippen LogP contribution is 2.19. The zero-order valence-corrected chi connectivity index (χ0v) is 10.2. The lowest BCUT2D eigenvalue weighted by atomic mass is 9.96. The fourth-order valence-corrected chi connectivity index (χ4v) is 2.60. The normalized spacial score (nSPS) is 27.1. The summed E-state index contributed by atoms with van der Waals surface area (Å²) in [5.41, 5.74) is 0. The molecule has 0 radical (unpaired) electrons. The maximum Gasteiger partial charge on any atom is 0.306 e. The monoisotopic (exact) mass is 239 g/mol. The quantitative estimate of drug-likeness (QED) is 0.749. The average Bonchev–Trinajstić information content (AvgIpc) is 2.68. The van der Waals surface area contributed by atoms with E-state index in [1.807, 2.05) is 0 Å². The summed E-state index contributed by atoms with van der Waals surface area (Å²) < 4.78 is 4.97. The summed E-state index contributed by atoms with van der Waals surface area (Å²) in [5.74, 6) is -0.343. The molecule has 0 unspecified atom stereocenters. The molecular formula is C13H21NO3. The van der Waals surface area contributed by atoms with Gasteiger partial charge in [-0.15, -0.1) is 0 Å². The Balaban J connectivity index is 1.78. The molecule has 17 heavy (non-hydrogen) atoms. The molecule has 4 nitrogen and oxygen atoms in total. The number of rotatable bonds is 2. The number of esters is 1. The number of hydrogen-bond donors (Lipinski definition) is 1. The number of amides is 1. The van der Waals surface area contributed by atoms with E-state index >= 15 is 0 Å². The molecule has 4 heteroatoms. The molecule has 1 atom stereocenters. The van der Waals surface area contributed by atoms with Gasteiger partial charge in [0.05, 0.1) is 0 Å². The topological polar surface area (TPSA) is 55.4 Å². The Morgan fingerprint density at radius 3 is 2.29 bits per heavy atom. The third-order valence-corrected chi connectivity index (χ3v) is 3.63. The summed E-state index contributed by atoms with van der Waals surface area (Å²) in [6, 6.07) is 0.280. The standard InChI is InChI=1S/C13H21NO3/c15-12-9-8-11(17-12)13(16)14-10-6-4-2-1-3-5-7-10/h10-11H,1-9H2,(H,14,16)/t11-/m1/s1. The smallest absolute Gasteiger partial charge is 0.306 e. The summed E-state index contributed by atoms with van der Waals surface area (Å²) in [7, 11) is 0. The van der Waals surface area contributed by atoms with Crippen molar-refractivity contribution in [1.29, 1.82) is 0 Å². The minimum Gasteiger partial charge on any atom is -0.452 e. The van der Waals surface area contributed by atoms with Crippen molar-refractivity contribution in [2.24, 2.45) is 0 Å². The molecule has 1 amide bonds. The molecule has 0 aromatic rings. The van der Waals surface area contributed by atoms with Crippen LogP contribution in [0.15, 0.2) is 0 Å². The van der Waals surface area contributed by atoms with E-state index in [4.69, 9.17) is 4.74 Å². The van der Waals surface area contributed by atoms with Gasteiger partial charge in [0.2, 0.25) is 0 Å². The first kappa shape index (κ1) is 12.4. The van der Waals surface area contributed by atoms with Gasteiger partial charge in [0, 0.05) is 18.9 Å². The minimum absolute atomic E-state index is 0.0959. The molecule has 0 spiro atoms. The first-order valence-corrected chi connectivity index (χ1v) is 6.75. The largest absolute Gasteiger partial charge is 0.452 e. The van der Waals surface area contributed by atoms with Crippen LogP contribution < -0.4 is 5.32 Å². The second-order valence-corrected chi connectivity index (χ2v) is 5.07. The van der Waals surface area contributed by atoms with Crippen LogP contribution in [-0.2, 0) is 14.3 Å². The van der Waals surface area contributed by atoms with E-state index in [2.05, 4.69) is 5.32 Å². The maximum atomic E-state index is 11.9. The van der Waals surface area contributed by atoms with Crippen molar-refractivity contribution in [3.05, 3.63) is 0 Å². The van der Waals surface area contributed by atoms with Gasteiger partial charge in [-0.05, 0) is 12.8 Å². The molecule has 1 saturated heterocycles. The second kappa shape index (κ2) is 6.03. The predicted octanol–water partition coefficient (Wildman–Crippen LogP) is 1.92. The number of hydrogen-bond acceptors (Lipinski definition) is 3. The molecular weight excluding hydrogens is 218 g/mol. The fourth-order valence-electron chi connectivity index (χ4n) is 2.60. The molecule has 0 aromatic heterocycles. The Bertz CT molecular complexity index is 282. The maximum absolute atomic E-state index is 11.9. The van der Waals surface area contributed by atoms with Crippen molar-refractivity contribution < 1.29 is 14.3 Å². The summed E-state index contributed by atoms with van der Waals surface area (Å²) >= 11 is 0. The van der Waals surface area contributed by atoms with Crippen LogP contribution in [-0.4, -0.2) is 24.0 Å². The lowest BCUT2D eigenvalue weighted by molar-refractivity contribution is -0.148. The molecule has 96 valence electrons. The van der Waals surface area contributed by atoms with Gasteiger partial charge in [-0.25, -0.2) is 0 Å². The van der Waals surface area contributed by atoms with E-state index in [-0.39, 0.29) is 17.9 Å². The molecule has 2 fully saturated rings. The van der Waals surface area contributed by atoms with Crippen LogP contribution in [0.1, 0.15) is 57.8 Å². The molecule has 0 aromatic carbocycles. The molecule has 1 N–H and O–H groups in total. The van der Waals surface area contributed by atoms with Gasteiger partial charge in [0.1, 0.15) is 0 Å². The molecule has 1 aliphatic carbocycles. The average molecular weight is 239 g/mol. The van der Waals surface area contributed by atoms with Crippen molar-refractivity contribution in [2.75, 3.05) is 0 Å². The van der Waals surface area contributed by atoms with E-state index in [1.165, 1.54) is 32.1 Å². The molecule has 2 rings (SSSR count). The van der Waals surface area contributed by atoms with E-state index in [9.17, 15) is 9.59 Å². The lowest BCUT2D eigenvalue weighted by Gasteiger charge is -2.22. The van der Waals surface area contributed by atoms with Gasteiger partial charge < -0.3 is 10.1 Å². The van der Waals surface area contributed by atoms with Gasteiger partial charge in [-0.2, -0.15) is 0 Å². The molecule has 1 heterocycles. The zero-order chi connectivity index (χ0) is 12.1. The van der Waals surface area contributed by atoms with Crippen LogP contribution in [0.3, 0.4) is 0 Å². The SMILES string of the molecule is O=C1CC[C@H](C(=O)NC2CCCCCCC2)O1. The Morgan fingerprint density at radius 1 is 1.06 bits per heavy atom. The van der Waals surface area contributed by atoms with Gasteiger partial charge >= 0.3 is 5.97 Å². The van der Waals surface area contributed by atoms with Gasteiger partial charge in [-0.1, -0.05) is 32.1 Å². The number of carbonyl (C=O) groups excluding carboxylic acids is 2. The lowest BCUT2D eigenvalue weighted by Crippen LogP contribution is -2.41. The Labute approximate surface area is 102 Å². The fraction of sp³-hybridized carbons (Fsp3) is 0.846.